The Kier molecular flexibility index (Phi) is 4.85. The Balaban J connectivity index is 1.78. The van der Waals surface area contributed by atoms with Crippen LogP contribution in [-0.4, -0.2) is 35.9 Å². The summed E-state index contributed by atoms with van der Waals surface area (Å²) >= 11 is 12.0. The van der Waals surface area contributed by atoms with Gasteiger partial charge in [0.15, 0.2) is 9.84 Å². The quantitative estimate of drug-likeness (QED) is 0.836. The number of aryl methyl sites for hydroxylation is 1. The number of aromatic nitrogens is 2. The van der Waals surface area contributed by atoms with Crippen LogP contribution in [0, 0.1) is 6.92 Å². The molecule has 0 saturated carbocycles. The molecule has 1 aromatic heterocycles. The van der Waals surface area contributed by atoms with Gasteiger partial charge in [-0.1, -0.05) is 23.2 Å². The minimum atomic E-state index is -2.94. The van der Waals surface area contributed by atoms with Crippen molar-refractivity contribution in [3.05, 3.63) is 40.0 Å². The minimum absolute atomic E-state index is 0.127. The number of hydrogen-bond acceptors (Lipinski definition) is 6. The Hall–Kier alpha value is -1.57. The average molecular weight is 387 g/mol. The summed E-state index contributed by atoms with van der Waals surface area (Å²) in [6.07, 6.45) is 0.581. The molecule has 2 N–H and O–H groups in total. The maximum absolute atomic E-state index is 11.6. The van der Waals surface area contributed by atoms with Gasteiger partial charge in [-0.3, -0.25) is 0 Å². The first kappa shape index (κ1) is 17.3. The van der Waals surface area contributed by atoms with Crippen molar-refractivity contribution in [2.24, 2.45) is 0 Å². The van der Waals surface area contributed by atoms with E-state index in [4.69, 9.17) is 23.2 Å². The molecule has 1 atom stereocenters. The zero-order chi connectivity index (χ0) is 17.3. The van der Waals surface area contributed by atoms with Crippen molar-refractivity contribution in [2.45, 2.75) is 19.4 Å². The molecule has 0 spiro atoms. The van der Waals surface area contributed by atoms with E-state index in [0.717, 1.165) is 5.69 Å². The number of nitrogens with zero attached hydrogens (tertiary/aromatic N) is 2. The number of halogens is 2. The summed E-state index contributed by atoms with van der Waals surface area (Å²) in [6.45, 7) is 1.84. The van der Waals surface area contributed by atoms with E-state index in [2.05, 4.69) is 20.6 Å². The lowest BCUT2D eigenvalue weighted by Gasteiger charge is -2.13. The highest BCUT2D eigenvalue weighted by Gasteiger charge is 2.28. The number of sulfone groups is 1. The monoisotopic (exact) mass is 386 g/mol. The molecule has 0 bridgehead atoms. The third-order valence-electron chi connectivity index (χ3n) is 3.56. The third kappa shape index (κ3) is 4.49. The second-order valence-corrected chi connectivity index (χ2v) is 8.85. The van der Waals surface area contributed by atoms with Gasteiger partial charge in [-0.25, -0.2) is 13.4 Å². The molecule has 1 aliphatic rings. The van der Waals surface area contributed by atoms with E-state index in [1.807, 2.05) is 6.92 Å². The number of nitrogens with one attached hydrogen (secondary N) is 2. The van der Waals surface area contributed by atoms with Crippen LogP contribution < -0.4 is 10.6 Å². The number of rotatable bonds is 4. The standard InChI is InChI=1S/C15H16Cl2N4O2S/c1-9-4-14(19-12-2-3-24(22,23)8-12)21-15(18-9)20-13-6-10(16)5-11(17)7-13/h4-7,12H,2-3,8H2,1H3,(H2,18,19,20,21). The van der Waals surface area contributed by atoms with Crippen molar-refractivity contribution >= 4 is 50.5 Å². The Morgan fingerprint density at radius 3 is 2.46 bits per heavy atom. The molecule has 1 saturated heterocycles. The van der Waals surface area contributed by atoms with Crippen LogP contribution in [0.2, 0.25) is 10.0 Å². The largest absolute Gasteiger partial charge is 0.366 e. The van der Waals surface area contributed by atoms with Crippen LogP contribution in [0.15, 0.2) is 24.3 Å². The number of benzene rings is 1. The van der Waals surface area contributed by atoms with E-state index in [1.54, 1.807) is 24.3 Å². The molecular formula is C15H16Cl2N4O2S. The second kappa shape index (κ2) is 6.74. The molecule has 2 aromatic rings. The van der Waals surface area contributed by atoms with Crippen molar-refractivity contribution in [3.8, 4) is 0 Å². The Labute approximate surface area is 150 Å². The van der Waals surface area contributed by atoms with Crippen molar-refractivity contribution in [1.82, 2.24) is 9.97 Å². The van der Waals surface area contributed by atoms with Gasteiger partial charge < -0.3 is 10.6 Å². The van der Waals surface area contributed by atoms with E-state index in [1.165, 1.54) is 0 Å². The second-order valence-electron chi connectivity index (χ2n) is 5.75. The number of hydrogen-bond donors (Lipinski definition) is 2. The molecule has 9 heteroatoms. The maximum atomic E-state index is 11.6. The van der Waals surface area contributed by atoms with E-state index in [0.29, 0.717) is 33.9 Å². The summed E-state index contributed by atoms with van der Waals surface area (Å²) in [5, 5.41) is 7.24. The van der Waals surface area contributed by atoms with Crippen molar-refractivity contribution in [1.29, 1.82) is 0 Å². The van der Waals surface area contributed by atoms with Gasteiger partial charge in [0, 0.05) is 33.5 Å². The van der Waals surface area contributed by atoms with Crippen LogP contribution in [0.3, 0.4) is 0 Å². The van der Waals surface area contributed by atoms with Crippen LogP contribution in [0.25, 0.3) is 0 Å². The third-order valence-corrected chi connectivity index (χ3v) is 5.76. The first-order valence-electron chi connectivity index (χ1n) is 7.35. The summed E-state index contributed by atoms with van der Waals surface area (Å²) in [4.78, 5) is 8.71. The fourth-order valence-corrected chi connectivity index (χ4v) is 4.77. The summed E-state index contributed by atoms with van der Waals surface area (Å²) in [7, 11) is -2.94. The highest BCUT2D eigenvalue weighted by atomic mass is 35.5. The first-order chi connectivity index (χ1) is 11.3. The predicted octanol–water partition coefficient (Wildman–Crippen LogP) is 3.43. The molecule has 1 fully saturated rings. The lowest BCUT2D eigenvalue weighted by molar-refractivity contribution is 0.602. The lowest BCUT2D eigenvalue weighted by atomic mass is 10.2. The van der Waals surface area contributed by atoms with Gasteiger partial charge in [0.25, 0.3) is 0 Å². The molecule has 2 heterocycles. The molecule has 0 radical (unpaired) electrons. The van der Waals surface area contributed by atoms with Crippen LogP contribution in [-0.2, 0) is 9.84 Å². The molecule has 1 unspecified atom stereocenters. The van der Waals surface area contributed by atoms with E-state index >= 15 is 0 Å². The molecule has 0 amide bonds. The predicted molar refractivity (Wildman–Crippen MR) is 97.2 cm³/mol. The summed E-state index contributed by atoms with van der Waals surface area (Å²) in [6, 6.07) is 6.73. The van der Waals surface area contributed by atoms with Crippen molar-refractivity contribution < 1.29 is 8.42 Å². The fourth-order valence-electron chi connectivity index (χ4n) is 2.57. The molecule has 3 rings (SSSR count). The van der Waals surface area contributed by atoms with E-state index in [-0.39, 0.29) is 17.5 Å². The van der Waals surface area contributed by atoms with Gasteiger partial charge in [-0.2, -0.15) is 4.98 Å². The lowest BCUT2D eigenvalue weighted by Crippen LogP contribution is -2.21. The van der Waals surface area contributed by atoms with Crippen LogP contribution >= 0.6 is 23.2 Å². The first-order valence-corrected chi connectivity index (χ1v) is 9.92. The molecule has 128 valence electrons. The molecule has 1 aromatic carbocycles. The maximum Gasteiger partial charge on any atom is 0.229 e. The topological polar surface area (TPSA) is 84.0 Å². The normalized spacial score (nSPS) is 19.2. The molecule has 1 aliphatic heterocycles. The van der Waals surface area contributed by atoms with Crippen molar-refractivity contribution in [2.75, 3.05) is 22.1 Å². The van der Waals surface area contributed by atoms with Gasteiger partial charge in [-0.05, 0) is 31.5 Å². The van der Waals surface area contributed by atoms with Crippen LogP contribution in [0.5, 0.6) is 0 Å². The Morgan fingerprint density at radius 1 is 1.12 bits per heavy atom. The van der Waals surface area contributed by atoms with Gasteiger partial charge in [0.1, 0.15) is 5.82 Å². The van der Waals surface area contributed by atoms with Gasteiger partial charge in [-0.15, -0.1) is 0 Å². The zero-order valence-electron chi connectivity index (χ0n) is 12.9. The molecule has 0 aliphatic carbocycles. The minimum Gasteiger partial charge on any atom is -0.366 e. The Morgan fingerprint density at radius 2 is 1.83 bits per heavy atom. The van der Waals surface area contributed by atoms with Gasteiger partial charge in [0.05, 0.1) is 11.5 Å². The highest BCUT2D eigenvalue weighted by Crippen LogP contribution is 2.25. The van der Waals surface area contributed by atoms with Gasteiger partial charge in [0.2, 0.25) is 5.95 Å². The highest BCUT2D eigenvalue weighted by molar-refractivity contribution is 7.91. The van der Waals surface area contributed by atoms with E-state index < -0.39 is 9.84 Å². The Bertz CT molecular complexity index is 854. The summed E-state index contributed by atoms with van der Waals surface area (Å²) < 4.78 is 23.1. The summed E-state index contributed by atoms with van der Waals surface area (Å²) in [5.74, 6) is 1.31. The number of anilines is 3. The van der Waals surface area contributed by atoms with Crippen LogP contribution in [0.4, 0.5) is 17.5 Å². The van der Waals surface area contributed by atoms with Crippen LogP contribution in [0.1, 0.15) is 12.1 Å². The zero-order valence-corrected chi connectivity index (χ0v) is 15.2. The average Bonchev–Trinajstić information content (AvgIpc) is 2.75. The SMILES string of the molecule is Cc1cc(NC2CCS(=O)(=O)C2)nc(Nc2cc(Cl)cc(Cl)c2)n1. The van der Waals surface area contributed by atoms with E-state index in [9.17, 15) is 8.42 Å². The molecule has 24 heavy (non-hydrogen) atoms. The molecule has 6 nitrogen and oxygen atoms in total. The van der Waals surface area contributed by atoms with Gasteiger partial charge >= 0.3 is 0 Å². The fraction of sp³-hybridized carbons (Fsp3) is 0.333. The summed E-state index contributed by atoms with van der Waals surface area (Å²) in [5.41, 5.74) is 1.43. The molecular weight excluding hydrogens is 371 g/mol. The smallest absolute Gasteiger partial charge is 0.229 e. The van der Waals surface area contributed by atoms with Crippen molar-refractivity contribution in [3.63, 3.8) is 0 Å².